The zero-order valence-corrected chi connectivity index (χ0v) is 16.6. The number of aryl methyl sites for hydroxylation is 1. The average molecular weight is 389 g/mol. The van der Waals surface area contributed by atoms with Crippen LogP contribution in [0.4, 0.5) is 4.39 Å². The standard InChI is InChI=1S/C24H24FN3O/c1-17(2)24(18-8-11-20(25)12-9-18)27-23(29)13-10-19-16-28(15-5-14-26)22-7-4-3-6-21(19)22/h3-4,6-13,16-17,24H,5,15H2,1-2H3,(H,27,29)/b13-10+. The predicted octanol–water partition coefficient (Wildman–Crippen LogP) is 5.22. The topological polar surface area (TPSA) is 57.8 Å². The first kappa shape index (κ1) is 20.3. The summed E-state index contributed by atoms with van der Waals surface area (Å²) < 4.78 is 15.2. The summed E-state index contributed by atoms with van der Waals surface area (Å²) >= 11 is 0. The Hall–Kier alpha value is -3.39. The number of halogens is 1. The highest BCUT2D eigenvalue weighted by Gasteiger charge is 2.17. The van der Waals surface area contributed by atoms with Crippen LogP contribution in [0.3, 0.4) is 0 Å². The lowest BCUT2D eigenvalue weighted by atomic mass is 9.96. The lowest BCUT2D eigenvalue weighted by Gasteiger charge is -2.22. The van der Waals surface area contributed by atoms with Crippen LogP contribution in [0.15, 0.2) is 60.8 Å². The Bertz CT molecular complexity index is 1060. The first-order valence-electron chi connectivity index (χ1n) is 9.68. The Morgan fingerprint density at radius 2 is 1.93 bits per heavy atom. The Kier molecular flexibility index (Phi) is 6.46. The molecule has 1 N–H and O–H groups in total. The van der Waals surface area contributed by atoms with Gasteiger partial charge < -0.3 is 9.88 Å². The summed E-state index contributed by atoms with van der Waals surface area (Å²) in [5, 5.41) is 12.9. The van der Waals surface area contributed by atoms with Gasteiger partial charge in [0.25, 0.3) is 0 Å². The molecular weight excluding hydrogens is 365 g/mol. The van der Waals surface area contributed by atoms with Crippen LogP contribution < -0.4 is 5.32 Å². The molecule has 29 heavy (non-hydrogen) atoms. The lowest BCUT2D eigenvalue weighted by Crippen LogP contribution is -2.30. The van der Waals surface area contributed by atoms with Gasteiger partial charge in [0.15, 0.2) is 0 Å². The zero-order chi connectivity index (χ0) is 20.8. The molecule has 0 aliphatic rings. The first-order valence-corrected chi connectivity index (χ1v) is 9.68. The van der Waals surface area contributed by atoms with Gasteiger partial charge in [0.1, 0.15) is 5.82 Å². The van der Waals surface area contributed by atoms with E-state index in [0.717, 1.165) is 22.0 Å². The molecule has 2 aromatic carbocycles. The van der Waals surface area contributed by atoms with Crippen molar-refractivity contribution in [1.82, 2.24) is 9.88 Å². The largest absolute Gasteiger partial charge is 0.346 e. The van der Waals surface area contributed by atoms with E-state index >= 15 is 0 Å². The number of benzene rings is 2. The molecule has 0 fully saturated rings. The molecule has 0 aliphatic heterocycles. The Balaban J connectivity index is 1.79. The summed E-state index contributed by atoms with van der Waals surface area (Å²) in [6.45, 7) is 4.64. The minimum Gasteiger partial charge on any atom is -0.346 e. The number of rotatable bonds is 7. The van der Waals surface area contributed by atoms with Gasteiger partial charge in [-0.2, -0.15) is 5.26 Å². The molecule has 5 heteroatoms. The quantitative estimate of drug-likeness (QED) is 0.563. The molecule has 1 unspecified atom stereocenters. The van der Waals surface area contributed by atoms with Gasteiger partial charge in [-0.3, -0.25) is 4.79 Å². The number of nitrogens with one attached hydrogen (secondary N) is 1. The van der Waals surface area contributed by atoms with Crippen molar-refractivity contribution in [3.63, 3.8) is 0 Å². The van der Waals surface area contributed by atoms with E-state index in [1.807, 2.05) is 48.9 Å². The number of para-hydroxylation sites is 1. The third-order valence-electron chi connectivity index (χ3n) is 4.89. The van der Waals surface area contributed by atoms with Crippen LogP contribution in [0, 0.1) is 23.1 Å². The van der Waals surface area contributed by atoms with E-state index in [0.29, 0.717) is 13.0 Å². The maximum absolute atomic E-state index is 13.2. The van der Waals surface area contributed by atoms with Gasteiger partial charge in [-0.05, 0) is 35.8 Å². The molecular formula is C24H24FN3O. The first-order chi connectivity index (χ1) is 14.0. The smallest absolute Gasteiger partial charge is 0.244 e. The third-order valence-corrected chi connectivity index (χ3v) is 4.89. The monoisotopic (exact) mass is 389 g/mol. The molecule has 0 aliphatic carbocycles. The maximum Gasteiger partial charge on any atom is 0.244 e. The van der Waals surface area contributed by atoms with Gasteiger partial charge in [0, 0.05) is 35.3 Å². The highest BCUT2D eigenvalue weighted by atomic mass is 19.1. The van der Waals surface area contributed by atoms with Crippen molar-refractivity contribution < 1.29 is 9.18 Å². The SMILES string of the molecule is CC(C)C(NC(=O)/C=C/c1cn(CCC#N)c2ccccc12)c1ccc(F)cc1. The van der Waals surface area contributed by atoms with E-state index in [-0.39, 0.29) is 23.7 Å². The summed E-state index contributed by atoms with van der Waals surface area (Å²) in [6.07, 6.45) is 5.71. The van der Waals surface area contributed by atoms with E-state index in [1.54, 1.807) is 18.2 Å². The minimum atomic E-state index is -0.296. The van der Waals surface area contributed by atoms with Crippen molar-refractivity contribution in [1.29, 1.82) is 5.26 Å². The molecule has 4 nitrogen and oxygen atoms in total. The molecule has 1 atom stereocenters. The van der Waals surface area contributed by atoms with Crippen LogP contribution in [-0.4, -0.2) is 10.5 Å². The van der Waals surface area contributed by atoms with Gasteiger partial charge >= 0.3 is 0 Å². The number of amides is 1. The second kappa shape index (κ2) is 9.20. The van der Waals surface area contributed by atoms with Crippen molar-refractivity contribution in [2.75, 3.05) is 0 Å². The van der Waals surface area contributed by atoms with Crippen LogP contribution in [0.1, 0.15) is 37.4 Å². The second-order valence-electron chi connectivity index (χ2n) is 7.32. The predicted molar refractivity (Wildman–Crippen MR) is 113 cm³/mol. The molecule has 3 rings (SSSR count). The molecule has 148 valence electrons. The van der Waals surface area contributed by atoms with Crippen LogP contribution in [0.5, 0.6) is 0 Å². The van der Waals surface area contributed by atoms with Crippen molar-refractivity contribution in [2.45, 2.75) is 32.9 Å². The number of fused-ring (bicyclic) bond motifs is 1. The summed E-state index contributed by atoms with van der Waals surface area (Å²) in [5.41, 5.74) is 2.84. The average Bonchev–Trinajstić information content (AvgIpc) is 3.07. The molecule has 0 spiro atoms. The van der Waals surface area contributed by atoms with E-state index in [2.05, 4.69) is 11.4 Å². The summed E-state index contributed by atoms with van der Waals surface area (Å²) in [4.78, 5) is 12.6. The molecule has 0 radical (unpaired) electrons. The molecule has 3 aromatic rings. The lowest BCUT2D eigenvalue weighted by molar-refractivity contribution is -0.117. The van der Waals surface area contributed by atoms with E-state index < -0.39 is 0 Å². The van der Waals surface area contributed by atoms with Crippen LogP contribution in [0.2, 0.25) is 0 Å². The highest BCUT2D eigenvalue weighted by Crippen LogP contribution is 2.24. The van der Waals surface area contributed by atoms with Gasteiger partial charge in [-0.15, -0.1) is 0 Å². The molecule has 0 saturated carbocycles. The Morgan fingerprint density at radius 1 is 1.21 bits per heavy atom. The molecule has 0 saturated heterocycles. The van der Waals surface area contributed by atoms with Crippen molar-refractivity contribution in [3.8, 4) is 6.07 Å². The number of hydrogen-bond donors (Lipinski definition) is 1. The van der Waals surface area contributed by atoms with Gasteiger partial charge in [0.2, 0.25) is 5.91 Å². The van der Waals surface area contributed by atoms with Crippen molar-refractivity contribution in [2.24, 2.45) is 5.92 Å². The summed E-state index contributed by atoms with van der Waals surface area (Å²) in [6, 6.07) is 16.1. The van der Waals surface area contributed by atoms with E-state index in [9.17, 15) is 9.18 Å². The molecule has 0 bridgehead atoms. The Morgan fingerprint density at radius 3 is 2.62 bits per heavy atom. The second-order valence-corrected chi connectivity index (χ2v) is 7.32. The number of carbonyl (C=O) groups is 1. The van der Waals surface area contributed by atoms with Crippen LogP contribution in [0.25, 0.3) is 17.0 Å². The number of nitriles is 1. The van der Waals surface area contributed by atoms with Gasteiger partial charge in [0.05, 0.1) is 18.5 Å². The van der Waals surface area contributed by atoms with Crippen molar-refractivity contribution >= 4 is 22.9 Å². The molecule has 1 aromatic heterocycles. The number of nitrogens with zero attached hydrogens (tertiary/aromatic N) is 2. The molecule has 1 heterocycles. The fourth-order valence-corrected chi connectivity index (χ4v) is 3.44. The maximum atomic E-state index is 13.2. The summed E-state index contributed by atoms with van der Waals surface area (Å²) in [5.74, 6) is -0.345. The van der Waals surface area contributed by atoms with E-state index in [1.165, 1.54) is 18.2 Å². The number of hydrogen-bond acceptors (Lipinski definition) is 2. The fraction of sp³-hybridized carbons (Fsp3) is 0.250. The van der Waals surface area contributed by atoms with Gasteiger partial charge in [-0.25, -0.2) is 4.39 Å². The summed E-state index contributed by atoms with van der Waals surface area (Å²) in [7, 11) is 0. The minimum absolute atomic E-state index is 0.158. The third kappa shape index (κ3) is 4.91. The fourth-order valence-electron chi connectivity index (χ4n) is 3.44. The Labute approximate surface area is 170 Å². The number of carbonyl (C=O) groups excluding carboxylic acids is 1. The zero-order valence-electron chi connectivity index (χ0n) is 16.6. The highest BCUT2D eigenvalue weighted by molar-refractivity contribution is 5.96. The van der Waals surface area contributed by atoms with Gasteiger partial charge in [-0.1, -0.05) is 44.2 Å². The normalized spacial score (nSPS) is 12.4. The van der Waals surface area contributed by atoms with E-state index in [4.69, 9.17) is 5.26 Å². The van der Waals surface area contributed by atoms with Crippen LogP contribution in [-0.2, 0) is 11.3 Å². The molecule has 1 amide bonds. The van der Waals surface area contributed by atoms with Crippen LogP contribution >= 0.6 is 0 Å². The van der Waals surface area contributed by atoms with Crippen molar-refractivity contribution in [3.05, 3.63) is 77.7 Å². The number of aromatic nitrogens is 1.